The van der Waals surface area contributed by atoms with Gasteiger partial charge in [-0.3, -0.25) is 14.7 Å². The van der Waals surface area contributed by atoms with Crippen molar-refractivity contribution in [3.63, 3.8) is 0 Å². The smallest absolute Gasteiger partial charge is 0.255 e. The molecule has 152 valence electrons. The summed E-state index contributed by atoms with van der Waals surface area (Å²) >= 11 is 0. The summed E-state index contributed by atoms with van der Waals surface area (Å²) in [5.41, 5.74) is 1.71. The van der Waals surface area contributed by atoms with Crippen LogP contribution in [0.5, 0.6) is 0 Å². The zero-order valence-electron chi connectivity index (χ0n) is 16.8. The van der Waals surface area contributed by atoms with Gasteiger partial charge in [-0.2, -0.15) is 0 Å². The normalized spacial score (nSPS) is 15.7. The fraction of sp³-hybridized carbons (Fsp3) is 0.429. The van der Waals surface area contributed by atoms with E-state index in [1.807, 2.05) is 12.3 Å². The molecule has 0 saturated heterocycles. The Morgan fingerprint density at radius 3 is 2.86 bits per heavy atom. The standard InChI is InChI=1S/C21H26N6O2/c1-15(2)19(23-21(28)17-6-11-29-14-17)20-25-24-18-5-8-26(9-10-27(18)20)13-16-4-3-7-22-12-16/h3-4,6-7,11-12,14-15,19H,5,8-10,13H2,1-2H3,(H,23,28)/t19-/m1/s1. The van der Waals surface area contributed by atoms with Gasteiger partial charge >= 0.3 is 0 Å². The molecular formula is C21H26N6O2. The number of fused-ring (bicyclic) bond motifs is 1. The molecular weight excluding hydrogens is 368 g/mol. The first-order valence-corrected chi connectivity index (χ1v) is 9.98. The third-order valence-corrected chi connectivity index (χ3v) is 5.29. The second kappa shape index (κ2) is 8.57. The molecule has 8 heteroatoms. The predicted molar refractivity (Wildman–Crippen MR) is 107 cm³/mol. The first-order chi connectivity index (χ1) is 14.1. The minimum absolute atomic E-state index is 0.165. The van der Waals surface area contributed by atoms with Crippen LogP contribution in [0.25, 0.3) is 0 Å². The van der Waals surface area contributed by atoms with E-state index in [0.29, 0.717) is 5.56 Å². The van der Waals surface area contributed by atoms with Crippen LogP contribution in [0.15, 0.2) is 47.5 Å². The van der Waals surface area contributed by atoms with Crippen LogP contribution in [0.4, 0.5) is 0 Å². The molecule has 3 aromatic rings. The summed E-state index contributed by atoms with van der Waals surface area (Å²) in [6, 6.07) is 5.51. The summed E-state index contributed by atoms with van der Waals surface area (Å²) in [4.78, 5) is 19.2. The third kappa shape index (κ3) is 4.37. The number of aromatic nitrogens is 4. The number of hydrogen-bond donors (Lipinski definition) is 1. The van der Waals surface area contributed by atoms with Crippen LogP contribution in [-0.2, 0) is 19.5 Å². The molecule has 4 heterocycles. The quantitative estimate of drug-likeness (QED) is 0.691. The van der Waals surface area contributed by atoms with Crippen LogP contribution in [0.1, 0.15) is 47.5 Å². The molecule has 0 saturated carbocycles. The molecule has 29 heavy (non-hydrogen) atoms. The maximum absolute atomic E-state index is 12.6. The van der Waals surface area contributed by atoms with E-state index in [4.69, 9.17) is 4.42 Å². The fourth-order valence-corrected chi connectivity index (χ4v) is 3.67. The molecule has 1 N–H and O–H groups in total. The van der Waals surface area contributed by atoms with Crippen LogP contribution in [0.3, 0.4) is 0 Å². The Bertz CT molecular complexity index is 936. The van der Waals surface area contributed by atoms with Crippen molar-refractivity contribution in [1.29, 1.82) is 0 Å². The molecule has 1 aliphatic heterocycles. The van der Waals surface area contributed by atoms with E-state index < -0.39 is 0 Å². The number of rotatable bonds is 6. The number of hydrogen-bond acceptors (Lipinski definition) is 6. The minimum atomic E-state index is -0.219. The van der Waals surface area contributed by atoms with Gasteiger partial charge in [0.05, 0.1) is 17.9 Å². The average molecular weight is 394 g/mol. The molecule has 0 unspecified atom stereocenters. The van der Waals surface area contributed by atoms with E-state index in [-0.39, 0.29) is 17.9 Å². The minimum Gasteiger partial charge on any atom is -0.472 e. The van der Waals surface area contributed by atoms with Gasteiger partial charge in [-0.15, -0.1) is 10.2 Å². The van der Waals surface area contributed by atoms with Crippen molar-refractivity contribution in [2.45, 2.75) is 39.4 Å². The van der Waals surface area contributed by atoms with Gasteiger partial charge < -0.3 is 14.3 Å². The highest BCUT2D eigenvalue weighted by Crippen LogP contribution is 2.23. The second-order valence-electron chi connectivity index (χ2n) is 7.72. The van der Waals surface area contributed by atoms with Gasteiger partial charge in [0, 0.05) is 45.0 Å². The fourth-order valence-electron chi connectivity index (χ4n) is 3.67. The van der Waals surface area contributed by atoms with E-state index in [0.717, 1.165) is 44.2 Å². The van der Waals surface area contributed by atoms with Crippen molar-refractivity contribution in [2.24, 2.45) is 5.92 Å². The van der Waals surface area contributed by atoms with Gasteiger partial charge in [0.15, 0.2) is 5.82 Å². The summed E-state index contributed by atoms with van der Waals surface area (Å²) in [6.45, 7) is 7.63. The topological polar surface area (TPSA) is 89.1 Å². The molecule has 0 radical (unpaired) electrons. The van der Waals surface area contributed by atoms with Crippen LogP contribution in [0, 0.1) is 5.92 Å². The van der Waals surface area contributed by atoms with E-state index in [9.17, 15) is 4.79 Å². The van der Waals surface area contributed by atoms with Crippen molar-refractivity contribution in [3.05, 3.63) is 65.9 Å². The van der Waals surface area contributed by atoms with E-state index in [1.165, 1.54) is 18.1 Å². The Labute approximate surface area is 170 Å². The highest BCUT2D eigenvalue weighted by atomic mass is 16.3. The third-order valence-electron chi connectivity index (χ3n) is 5.29. The lowest BCUT2D eigenvalue weighted by atomic mass is 10.0. The number of carbonyl (C=O) groups excluding carboxylic acids is 1. The molecule has 0 fully saturated rings. The molecule has 1 aliphatic rings. The summed E-state index contributed by atoms with van der Waals surface area (Å²) in [5.74, 6) is 1.79. The van der Waals surface area contributed by atoms with Crippen LogP contribution in [0.2, 0.25) is 0 Å². The van der Waals surface area contributed by atoms with Crippen molar-refractivity contribution in [1.82, 2.24) is 30.0 Å². The maximum Gasteiger partial charge on any atom is 0.255 e. The van der Waals surface area contributed by atoms with Gasteiger partial charge in [-0.05, 0) is 23.6 Å². The molecule has 3 aromatic heterocycles. The Morgan fingerprint density at radius 1 is 1.24 bits per heavy atom. The zero-order valence-corrected chi connectivity index (χ0v) is 16.8. The summed E-state index contributed by atoms with van der Waals surface area (Å²) in [5, 5.41) is 12.0. The van der Waals surface area contributed by atoms with Gasteiger partial charge in [0.25, 0.3) is 5.91 Å². The molecule has 8 nitrogen and oxygen atoms in total. The zero-order chi connectivity index (χ0) is 20.2. The van der Waals surface area contributed by atoms with Gasteiger partial charge in [0.1, 0.15) is 12.1 Å². The number of carbonyl (C=O) groups is 1. The number of furan rings is 1. The molecule has 1 atom stereocenters. The Balaban J connectivity index is 1.49. The van der Waals surface area contributed by atoms with E-state index in [2.05, 4.69) is 49.9 Å². The highest BCUT2D eigenvalue weighted by molar-refractivity contribution is 5.94. The van der Waals surface area contributed by atoms with Crippen LogP contribution < -0.4 is 5.32 Å². The van der Waals surface area contributed by atoms with E-state index >= 15 is 0 Å². The highest BCUT2D eigenvalue weighted by Gasteiger charge is 2.28. The number of pyridine rings is 1. The van der Waals surface area contributed by atoms with Crippen molar-refractivity contribution >= 4 is 5.91 Å². The summed E-state index contributed by atoms with van der Waals surface area (Å²) < 4.78 is 7.20. The lowest BCUT2D eigenvalue weighted by molar-refractivity contribution is 0.0921. The maximum atomic E-state index is 12.6. The van der Waals surface area contributed by atoms with Crippen LogP contribution >= 0.6 is 0 Å². The average Bonchev–Trinajstić information content (AvgIpc) is 3.35. The molecule has 0 spiro atoms. The first kappa shape index (κ1) is 19.3. The number of nitrogens with one attached hydrogen (secondary N) is 1. The molecule has 4 rings (SSSR count). The molecule has 1 amide bonds. The predicted octanol–water partition coefficient (Wildman–Crippen LogP) is 2.45. The first-order valence-electron chi connectivity index (χ1n) is 9.98. The Kier molecular flexibility index (Phi) is 5.71. The second-order valence-corrected chi connectivity index (χ2v) is 7.72. The van der Waals surface area contributed by atoms with Gasteiger partial charge in [-0.25, -0.2) is 0 Å². The van der Waals surface area contributed by atoms with Gasteiger partial charge in [0.2, 0.25) is 0 Å². The summed E-state index contributed by atoms with van der Waals surface area (Å²) in [6.07, 6.45) is 7.49. The monoisotopic (exact) mass is 394 g/mol. The van der Waals surface area contributed by atoms with E-state index in [1.54, 1.807) is 12.3 Å². The Morgan fingerprint density at radius 2 is 2.14 bits per heavy atom. The molecule has 0 aliphatic carbocycles. The SMILES string of the molecule is CC(C)[C@@H](NC(=O)c1ccoc1)c1nnc2n1CCN(Cc1cccnc1)CC2. The van der Waals surface area contributed by atoms with Crippen molar-refractivity contribution in [3.8, 4) is 0 Å². The van der Waals surface area contributed by atoms with Crippen molar-refractivity contribution < 1.29 is 9.21 Å². The Hall–Kier alpha value is -3.00. The lowest BCUT2D eigenvalue weighted by Crippen LogP contribution is -2.34. The van der Waals surface area contributed by atoms with Crippen LogP contribution in [-0.4, -0.2) is 43.6 Å². The molecule has 0 bridgehead atoms. The summed E-state index contributed by atoms with van der Waals surface area (Å²) in [7, 11) is 0. The molecule has 0 aromatic carbocycles. The lowest BCUT2D eigenvalue weighted by Gasteiger charge is -2.23. The largest absolute Gasteiger partial charge is 0.472 e. The van der Waals surface area contributed by atoms with Crippen molar-refractivity contribution in [2.75, 3.05) is 13.1 Å². The number of amides is 1. The number of nitrogens with zero attached hydrogens (tertiary/aromatic N) is 5. The van der Waals surface area contributed by atoms with Gasteiger partial charge in [-0.1, -0.05) is 19.9 Å².